The first-order valence-corrected chi connectivity index (χ1v) is 11.4. The number of amides is 1. The zero-order valence-electron chi connectivity index (χ0n) is 17.2. The first-order valence-electron chi connectivity index (χ1n) is 10.6. The number of likely N-dealkylation sites (tertiary alicyclic amines) is 1. The fraction of sp³-hybridized carbons (Fsp3) is 0.478. The molecule has 1 amide bonds. The number of fused-ring (bicyclic) bond motifs is 1. The van der Waals surface area contributed by atoms with Gasteiger partial charge in [0.05, 0.1) is 12.7 Å². The number of carbonyl (C=O) groups is 2. The van der Waals surface area contributed by atoms with Gasteiger partial charge in [0.15, 0.2) is 0 Å². The summed E-state index contributed by atoms with van der Waals surface area (Å²) in [5.74, 6) is -0.699. The Morgan fingerprint density at radius 3 is 2.67 bits per heavy atom. The van der Waals surface area contributed by atoms with E-state index in [2.05, 4.69) is 10.2 Å². The molecule has 1 N–H and O–H groups in total. The number of aryl methyl sites for hydroxylation is 1. The first kappa shape index (κ1) is 21.0. The number of esters is 1. The van der Waals surface area contributed by atoms with E-state index in [0.717, 1.165) is 57.2 Å². The first-order chi connectivity index (χ1) is 14.6. The third kappa shape index (κ3) is 4.42. The van der Waals surface area contributed by atoms with Gasteiger partial charge in [-0.3, -0.25) is 9.69 Å². The van der Waals surface area contributed by atoms with Gasteiger partial charge in [-0.05, 0) is 63.2 Å². The molecular formula is C23H27FN2O3S. The Labute approximate surface area is 180 Å². The number of piperidine rings is 1. The van der Waals surface area contributed by atoms with E-state index in [1.165, 1.54) is 29.4 Å². The quantitative estimate of drug-likeness (QED) is 0.714. The lowest BCUT2D eigenvalue weighted by Crippen LogP contribution is -2.38. The molecule has 1 fully saturated rings. The highest BCUT2D eigenvalue weighted by atomic mass is 32.1. The molecule has 0 spiro atoms. The number of methoxy groups -OCH3 is 1. The molecule has 2 aromatic rings. The van der Waals surface area contributed by atoms with E-state index >= 15 is 0 Å². The van der Waals surface area contributed by atoms with Crippen LogP contribution < -0.4 is 5.32 Å². The van der Waals surface area contributed by atoms with Gasteiger partial charge >= 0.3 is 5.97 Å². The Kier molecular flexibility index (Phi) is 6.49. The van der Waals surface area contributed by atoms with E-state index in [-0.39, 0.29) is 23.6 Å². The molecule has 2 heterocycles. The maximum Gasteiger partial charge on any atom is 0.341 e. The minimum atomic E-state index is -0.371. The van der Waals surface area contributed by atoms with Crippen molar-refractivity contribution in [2.45, 2.75) is 45.1 Å². The van der Waals surface area contributed by atoms with Crippen molar-refractivity contribution in [3.05, 3.63) is 51.7 Å². The molecule has 2 aliphatic rings. The van der Waals surface area contributed by atoms with Crippen molar-refractivity contribution >= 4 is 28.2 Å². The van der Waals surface area contributed by atoms with Crippen LogP contribution in [0.2, 0.25) is 0 Å². The molecule has 4 rings (SSSR count). The minimum absolute atomic E-state index is 0.0377. The summed E-state index contributed by atoms with van der Waals surface area (Å²) in [4.78, 5) is 28.7. The number of halogens is 1. The van der Waals surface area contributed by atoms with Crippen LogP contribution in [0.4, 0.5) is 9.39 Å². The predicted molar refractivity (Wildman–Crippen MR) is 115 cm³/mol. The molecule has 0 radical (unpaired) electrons. The molecular weight excluding hydrogens is 403 g/mol. The van der Waals surface area contributed by atoms with E-state index in [9.17, 15) is 14.0 Å². The molecule has 160 valence electrons. The number of hydrogen-bond acceptors (Lipinski definition) is 5. The van der Waals surface area contributed by atoms with Crippen molar-refractivity contribution in [1.29, 1.82) is 0 Å². The lowest BCUT2D eigenvalue weighted by atomic mass is 9.94. The second-order valence-electron chi connectivity index (χ2n) is 8.04. The fourth-order valence-corrected chi connectivity index (χ4v) is 5.69. The molecule has 7 heteroatoms. The molecule has 0 unspecified atom stereocenters. The molecule has 0 atom stereocenters. The molecule has 1 aliphatic heterocycles. The number of anilines is 1. The number of ether oxygens (including phenoxy) is 1. The number of thiophene rings is 1. The molecule has 1 aromatic heterocycles. The molecule has 1 aromatic carbocycles. The number of nitrogens with zero attached hydrogens (tertiary/aromatic N) is 1. The van der Waals surface area contributed by atoms with Crippen LogP contribution in [-0.4, -0.2) is 37.0 Å². The normalized spacial score (nSPS) is 17.4. The van der Waals surface area contributed by atoms with Crippen LogP contribution in [0.5, 0.6) is 0 Å². The number of benzene rings is 1. The van der Waals surface area contributed by atoms with E-state index in [0.29, 0.717) is 22.7 Å². The van der Waals surface area contributed by atoms with Gasteiger partial charge in [-0.1, -0.05) is 18.2 Å². The van der Waals surface area contributed by atoms with Gasteiger partial charge in [-0.25, -0.2) is 9.18 Å². The number of hydrogen-bond donors (Lipinski definition) is 1. The summed E-state index contributed by atoms with van der Waals surface area (Å²) >= 11 is 1.52. The average Bonchev–Trinajstić information content (AvgIpc) is 3.13. The van der Waals surface area contributed by atoms with Crippen LogP contribution in [0.1, 0.15) is 52.0 Å². The highest BCUT2D eigenvalue weighted by molar-refractivity contribution is 7.17. The van der Waals surface area contributed by atoms with Crippen LogP contribution in [0.3, 0.4) is 0 Å². The molecule has 5 nitrogen and oxygen atoms in total. The lowest BCUT2D eigenvalue weighted by molar-refractivity contribution is -0.121. The van der Waals surface area contributed by atoms with Gasteiger partial charge in [0, 0.05) is 22.9 Å². The van der Waals surface area contributed by atoms with E-state index in [1.807, 2.05) is 6.07 Å². The zero-order valence-corrected chi connectivity index (χ0v) is 18.0. The van der Waals surface area contributed by atoms with Crippen molar-refractivity contribution in [3.8, 4) is 0 Å². The Hall–Kier alpha value is -2.25. The SMILES string of the molecule is COC(=O)c1c(NC(=O)C2CCN(Cc3ccccc3F)CC2)sc2c1CCCC2. The zero-order chi connectivity index (χ0) is 21.1. The third-order valence-corrected chi connectivity index (χ3v) is 7.31. The molecule has 0 saturated carbocycles. The van der Waals surface area contributed by atoms with Crippen molar-refractivity contribution < 1.29 is 18.7 Å². The summed E-state index contributed by atoms with van der Waals surface area (Å²) in [5, 5.41) is 3.66. The molecule has 1 saturated heterocycles. The number of rotatable bonds is 5. The van der Waals surface area contributed by atoms with Crippen LogP contribution in [-0.2, 0) is 28.9 Å². The topological polar surface area (TPSA) is 58.6 Å². The van der Waals surface area contributed by atoms with Crippen LogP contribution in [0.15, 0.2) is 24.3 Å². The van der Waals surface area contributed by atoms with Crippen molar-refractivity contribution in [2.24, 2.45) is 5.92 Å². The smallest absolute Gasteiger partial charge is 0.341 e. The van der Waals surface area contributed by atoms with Gasteiger partial charge in [-0.15, -0.1) is 11.3 Å². The standard InChI is InChI=1S/C23H27FN2O3S/c1-29-23(28)20-17-7-3-5-9-19(17)30-22(20)25-21(27)15-10-12-26(13-11-15)14-16-6-2-4-8-18(16)24/h2,4,6,8,15H,3,5,7,9-14H2,1H3,(H,25,27). The summed E-state index contributed by atoms with van der Waals surface area (Å²) < 4.78 is 18.9. The van der Waals surface area contributed by atoms with Gasteiger partial charge in [-0.2, -0.15) is 0 Å². The van der Waals surface area contributed by atoms with Gasteiger partial charge in [0.2, 0.25) is 5.91 Å². The Bertz CT molecular complexity index is 935. The summed E-state index contributed by atoms with van der Waals surface area (Å²) in [6, 6.07) is 6.83. The van der Waals surface area contributed by atoms with Crippen LogP contribution >= 0.6 is 11.3 Å². The molecule has 30 heavy (non-hydrogen) atoms. The maximum absolute atomic E-state index is 13.9. The predicted octanol–water partition coefficient (Wildman–Crippen LogP) is 4.40. The molecule has 1 aliphatic carbocycles. The minimum Gasteiger partial charge on any atom is -0.465 e. The highest BCUT2D eigenvalue weighted by Gasteiger charge is 2.30. The third-order valence-electron chi connectivity index (χ3n) is 6.11. The summed E-state index contributed by atoms with van der Waals surface area (Å²) in [5.41, 5.74) is 2.28. The summed E-state index contributed by atoms with van der Waals surface area (Å²) in [6.07, 6.45) is 5.43. The second kappa shape index (κ2) is 9.27. The van der Waals surface area contributed by atoms with Gasteiger partial charge in [0.1, 0.15) is 10.8 Å². The lowest BCUT2D eigenvalue weighted by Gasteiger charge is -2.31. The summed E-state index contributed by atoms with van der Waals surface area (Å²) in [6.45, 7) is 2.06. The van der Waals surface area contributed by atoms with Crippen LogP contribution in [0.25, 0.3) is 0 Å². The monoisotopic (exact) mass is 430 g/mol. The van der Waals surface area contributed by atoms with Gasteiger partial charge in [0.25, 0.3) is 0 Å². The number of carbonyl (C=O) groups excluding carboxylic acids is 2. The van der Waals surface area contributed by atoms with Gasteiger partial charge < -0.3 is 10.1 Å². The Balaban J connectivity index is 1.39. The average molecular weight is 431 g/mol. The van der Waals surface area contributed by atoms with Crippen LogP contribution in [0, 0.1) is 11.7 Å². The maximum atomic E-state index is 13.9. The Morgan fingerprint density at radius 2 is 1.93 bits per heavy atom. The Morgan fingerprint density at radius 1 is 1.20 bits per heavy atom. The van der Waals surface area contributed by atoms with E-state index in [1.54, 1.807) is 12.1 Å². The van der Waals surface area contributed by atoms with Crippen molar-refractivity contribution in [3.63, 3.8) is 0 Å². The van der Waals surface area contributed by atoms with E-state index < -0.39 is 0 Å². The largest absolute Gasteiger partial charge is 0.465 e. The fourth-order valence-electron chi connectivity index (χ4n) is 4.41. The van der Waals surface area contributed by atoms with Crippen molar-refractivity contribution in [1.82, 2.24) is 4.90 Å². The highest BCUT2D eigenvalue weighted by Crippen LogP contribution is 2.39. The second-order valence-corrected chi connectivity index (χ2v) is 9.14. The van der Waals surface area contributed by atoms with E-state index in [4.69, 9.17) is 4.74 Å². The summed E-state index contributed by atoms with van der Waals surface area (Å²) in [7, 11) is 1.38. The number of nitrogens with one attached hydrogen (secondary N) is 1. The molecule has 0 bridgehead atoms. The van der Waals surface area contributed by atoms with Crippen molar-refractivity contribution in [2.75, 3.05) is 25.5 Å².